The van der Waals surface area contributed by atoms with Gasteiger partial charge >= 0.3 is 5.97 Å². The fraction of sp³-hybridized carbons (Fsp3) is 0.308. The summed E-state index contributed by atoms with van der Waals surface area (Å²) in [7, 11) is 0. The molecule has 2 N–H and O–H groups in total. The van der Waals surface area contributed by atoms with Crippen molar-refractivity contribution >= 4 is 18.0 Å². The number of aromatic nitrogens is 1. The molecule has 1 fully saturated rings. The maximum atomic E-state index is 11.9. The quantitative estimate of drug-likeness (QED) is 0.768. The minimum atomic E-state index is -1.05. The SMILES string of the molecule is O=C(O)C=Cc1cnccc1C(=O)NCC1CC1. The lowest BCUT2D eigenvalue weighted by Gasteiger charge is -2.06. The van der Waals surface area contributed by atoms with Crippen LogP contribution in [0.1, 0.15) is 28.8 Å². The van der Waals surface area contributed by atoms with Gasteiger partial charge in [0.1, 0.15) is 0 Å². The first-order chi connectivity index (χ1) is 8.66. The van der Waals surface area contributed by atoms with Crippen LogP contribution < -0.4 is 5.32 Å². The van der Waals surface area contributed by atoms with Crippen molar-refractivity contribution in [2.75, 3.05) is 6.54 Å². The molecule has 1 aliphatic rings. The Morgan fingerprint density at radius 1 is 1.50 bits per heavy atom. The van der Waals surface area contributed by atoms with Crippen molar-refractivity contribution in [1.82, 2.24) is 10.3 Å². The molecule has 1 amide bonds. The number of carbonyl (C=O) groups excluding carboxylic acids is 1. The number of carboxylic acid groups (broad SMARTS) is 1. The topological polar surface area (TPSA) is 79.3 Å². The van der Waals surface area contributed by atoms with Crippen LogP contribution in [0.3, 0.4) is 0 Å². The van der Waals surface area contributed by atoms with Crippen LogP contribution in [0.4, 0.5) is 0 Å². The van der Waals surface area contributed by atoms with E-state index in [0.29, 0.717) is 23.6 Å². The van der Waals surface area contributed by atoms with Crippen LogP contribution in [-0.2, 0) is 4.79 Å². The zero-order valence-corrected chi connectivity index (χ0v) is 9.80. The van der Waals surface area contributed by atoms with Gasteiger partial charge in [0.15, 0.2) is 0 Å². The third kappa shape index (κ3) is 3.41. The molecule has 0 spiro atoms. The van der Waals surface area contributed by atoms with E-state index in [2.05, 4.69) is 10.3 Å². The number of hydrogen-bond donors (Lipinski definition) is 2. The highest BCUT2D eigenvalue weighted by Crippen LogP contribution is 2.27. The standard InChI is InChI=1S/C13H14N2O3/c16-12(17)4-3-10-8-14-6-5-11(10)13(18)15-7-9-1-2-9/h3-6,8-9H,1-2,7H2,(H,15,18)(H,16,17). The van der Waals surface area contributed by atoms with Gasteiger partial charge < -0.3 is 10.4 Å². The number of carbonyl (C=O) groups is 2. The number of pyridine rings is 1. The van der Waals surface area contributed by atoms with E-state index in [1.54, 1.807) is 6.07 Å². The summed E-state index contributed by atoms with van der Waals surface area (Å²) in [5, 5.41) is 11.4. The summed E-state index contributed by atoms with van der Waals surface area (Å²) >= 11 is 0. The van der Waals surface area contributed by atoms with Crippen LogP contribution in [0.5, 0.6) is 0 Å². The first kappa shape index (κ1) is 12.3. The van der Waals surface area contributed by atoms with Gasteiger partial charge in [-0.3, -0.25) is 9.78 Å². The first-order valence-corrected chi connectivity index (χ1v) is 5.80. The Bertz CT molecular complexity index is 493. The molecular weight excluding hydrogens is 232 g/mol. The van der Waals surface area contributed by atoms with Crippen molar-refractivity contribution in [1.29, 1.82) is 0 Å². The highest BCUT2D eigenvalue weighted by Gasteiger charge is 2.22. The van der Waals surface area contributed by atoms with Crippen molar-refractivity contribution in [3.8, 4) is 0 Å². The minimum absolute atomic E-state index is 0.186. The molecule has 1 aliphatic carbocycles. The second-order valence-corrected chi connectivity index (χ2v) is 4.29. The molecule has 0 saturated heterocycles. The second kappa shape index (κ2) is 5.44. The molecule has 1 saturated carbocycles. The van der Waals surface area contributed by atoms with E-state index in [1.807, 2.05) is 0 Å². The fourth-order valence-electron chi connectivity index (χ4n) is 1.56. The number of nitrogens with one attached hydrogen (secondary N) is 1. The molecule has 1 aromatic rings. The Hall–Kier alpha value is -2.17. The molecule has 5 heteroatoms. The Balaban J connectivity index is 2.09. The lowest BCUT2D eigenvalue weighted by molar-refractivity contribution is -0.131. The molecule has 2 rings (SSSR count). The molecule has 1 heterocycles. The van der Waals surface area contributed by atoms with Gasteiger partial charge in [-0.1, -0.05) is 0 Å². The summed E-state index contributed by atoms with van der Waals surface area (Å²) in [5.74, 6) is -0.633. The summed E-state index contributed by atoms with van der Waals surface area (Å²) in [5.41, 5.74) is 0.955. The van der Waals surface area contributed by atoms with E-state index < -0.39 is 5.97 Å². The fourth-order valence-corrected chi connectivity index (χ4v) is 1.56. The van der Waals surface area contributed by atoms with Crippen LogP contribution in [0, 0.1) is 5.92 Å². The summed E-state index contributed by atoms with van der Waals surface area (Å²) in [6.07, 6.45) is 7.70. The third-order valence-corrected chi connectivity index (χ3v) is 2.75. The average molecular weight is 246 g/mol. The summed E-state index contributed by atoms with van der Waals surface area (Å²) in [4.78, 5) is 26.3. The van der Waals surface area contributed by atoms with E-state index in [9.17, 15) is 9.59 Å². The zero-order valence-electron chi connectivity index (χ0n) is 9.80. The van der Waals surface area contributed by atoms with Crippen LogP contribution >= 0.6 is 0 Å². The van der Waals surface area contributed by atoms with Gasteiger partial charge in [0.05, 0.1) is 0 Å². The Kier molecular flexibility index (Phi) is 3.72. The first-order valence-electron chi connectivity index (χ1n) is 5.80. The van der Waals surface area contributed by atoms with Crippen LogP contribution in [-0.4, -0.2) is 28.5 Å². The predicted octanol–water partition coefficient (Wildman–Crippen LogP) is 1.32. The van der Waals surface area contributed by atoms with Gasteiger partial charge in [-0.25, -0.2) is 4.79 Å². The normalized spacial score (nSPS) is 14.7. The summed E-state index contributed by atoms with van der Waals surface area (Å²) in [6.45, 7) is 0.684. The zero-order chi connectivity index (χ0) is 13.0. The molecule has 0 unspecified atom stereocenters. The molecule has 0 radical (unpaired) electrons. The third-order valence-electron chi connectivity index (χ3n) is 2.75. The van der Waals surface area contributed by atoms with Gasteiger partial charge in [0, 0.05) is 36.1 Å². The van der Waals surface area contributed by atoms with Gasteiger partial charge in [-0.2, -0.15) is 0 Å². The summed E-state index contributed by atoms with van der Waals surface area (Å²) in [6, 6.07) is 1.59. The van der Waals surface area contributed by atoms with Crippen molar-refractivity contribution < 1.29 is 14.7 Å². The number of rotatable bonds is 5. The van der Waals surface area contributed by atoms with Crippen molar-refractivity contribution in [3.63, 3.8) is 0 Å². The molecule has 0 atom stereocenters. The average Bonchev–Trinajstić information content (AvgIpc) is 3.18. The predicted molar refractivity (Wildman–Crippen MR) is 66.0 cm³/mol. The maximum Gasteiger partial charge on any atom is 0.328 e. The van der Waals surface area contributed by atoms with Crippen LogP contribution in [0.15, 0.2) is 24.5 Å². The Labute approximate surface area is 105 Å². The smallest absolute Gasteiger partial charge is 0.328 e. The van der Waals surface area contributed by atoms with Gasteiger partial charge in [-0.15, -0.1) is 0 Å². The Morgan fingerprint density at radius 3 is 2.94 bits per heavy atom. The van der Waals surface area contributed by atoms with Crippen molar-refractivity contribution in [3.05, 3.63) is 35.7 Å². The number of amides is 1. The second-order valence-electron chi connectivity index (χ2n) is 4.29. The number of aliphatic carboxylic acids is 1. The number of hydrogen-bond acceptors (Lipinski definition) is 3. The Morgan fingerprint density at radius 2 is 2.28 bits per heavy atom. The maximum absolute atomic E-state index is 11.9. The van der Waals surface area contributed by atoms with E-state index in [1.165, 1.54) is 31.3 Å². The molecule has 18 heavy (non-hydrogen) atoms. The monoisotopic (exact) mass is 246 g/mol. The van der Waals surface area contributed by atoms with Gasteiger partial charge in [-0.05, 0) is 30.9 Å². The van der Waals surface area contributed by atoms with Gasteiger partial charge in [0.25, 0.3) is 5.91 Å². The van der Waals surface area contributed by atoms with E-state index in [-0.39, 0.29) is 5.91 Å². The molecule has 94 valence electrons. The van der Waals surface area contributed by atoms with E-state index >= 15 is 0 Å². The van der Waals surface area contributed by atoms with Crippen LogP contribution in [0.2, 0.25) is 0 Å². The van der Waals surface area contributed by atoms with Crippen LogP contribution in [0.25, 0.3) is 6.08 Å². The molecule has 0 aromatic carbocycles. The minimum Gasteiger partial charge on any atom is -0.478 e. The lowest BCUT2D eigenvalue weighted by atomic mass is 10.1. The largest absolute Gasteiger partial charge is 0.478 e. The highest BCUT2D eigenvalue weighted by atomic mass is 16.4. The molecule has 5 nitrogen and oxygen atoms in total. The highest BCUT2D eigenvalue weighted by molar-refractivity contribution is 5.98. The number of carboxylic acids is 1. The number of nitrogens with zero attached hydrogens (tertiary/aromatic N) is 1. The van der Waals surface area contributed by atoms with Crippen molar-refractivity contribution in [2.24, 2.45) is 5.92 Å². The van der Waals surface area contributed by atoms with E-state index in [0.717, 1.165) is 6.08 Å². The summed E-state index contributed by atoms with van der Waals surface area (Å²) < 4.78 is 0. The van der Waals surface area contributed by atoms with Gasteiger partial charge in [0.2, 0.25) is 0 Å². The van der Waals surface area contributed by atoms with Crippen molar-refractivity contribution in [2.45, 2.75) is 12.8 Å². The molecule has 1 aromatic heterocycles. The molecular formula is C13H14N2O3. The molecule has 0 bridgehead atoms. The lowest BCUT2D eigenvalue weighted by Crippen LogP contribution is -2.26. The van der Waals surface area contributed by atoms with E-state index in [4.69, 9.17) is 5.11 Å². The molecule has 0 aliphatic heterocycles.